The van der Waals surface area contributed by atoms with Crippen molar-refractivity contribution in [2.45, 2.75) is 32.8 Å². The Labute approximate surface area is 182 Å². The molecule has 0 unspecified atom stereocenters. The molecule has 8 nitrogen and oxygen atoms in total. The number of rotatable bonds is 7. The SMILES string of the molecule is CCCCOC(=O)c1ccc(NC(=O)[C@@H]2CN(S(C)(=O)=O)c3cc(C)ccc3O2)cc1. The van der Waals surface area contributed by atoms with Gasteiger partial charge in [-0.3, -0.25) is 9.10 Å². The summed E-state index contributed by atoms with van der Waals surface area (Å²) in [7, 11) is -3.60. The summed E-state index contributed by atoms with van der Waals surface area (Å²) in [6, 6.07) is 11.5. The first kappa shape index (κ1) is 22.6. The fourth-order valence-corrected chi connectivity index (χ4v) is 4.02. The van der Waals surface area contributed by atoms with Crippen molar-refractivity contribution in [2.24, 2.45) is 0 Å². The summed E-state index contributed by atoms with van der Waals surface area (Å²) in [5, 5.41) is 2.71. The Kier molecular flexibility index (Phi) is 6.84. The molecule has 1 aliphatic heterocycles. The standard InChI is InChI=1S/C22H26N2O6S/c1-4-5-12-29-22(26)16-7-9-17(10-8-16)23-21(25)20-14-24(31(3,27)28)18-13-15(2)6-11-19(18)30-20/h6-11,13,20H,4-5,12,14H2,1-3H3,(H,23,25)/t20-/m0/s1. The van der Waals surface area contributed by atoms with Crippen LogP contribution in [0.3, 0.4) is 0 Å². The van der Waals surface area contributed by atoms with Gasteiger partial charge in [0.1, 0.15) is 5.75 Å². The van der Waals surface area contributed by atoms with E-state index in [0.717, 1.165) is 24.7 Å². The largest absolute Gasteiger partial charge is 0.476 e. The lowest BCUT2D eigenvalue weighted by molar-refractivity contribution is -0.122. The molecule has 0 bridgehead atoms. The van der Waals surface area contributed by atoms with Gasteiger partial charge < -0.3 is 14.8 Å². The lowest BCUT2D eigenvalue weighted by Gasteiger charge is -2.34. The van der Waals surface area contributed by atoms with E-state index in [1.165, 1.54) is 4.31 Å². The van der Waals surface area contributed by atoms with Crippen LogP contribution in [0.4, 0.5) is 11.4 Å². The van der Waals surface area contributed by atoms with Crippen LogP contribution >= 0.6 is 0 Å². The summed E-state index contributed by atoms with van der Waals surface area (Å²) in [6.07, 6.45) is 1.80. The molecule has 0 saturated heterocycles. The molecule has 0 aromatic heterocycles. The topological polar surface area (TPSA) is 102 Å². The summed E-state index contributed by atoms with van der Waals surface area (Å²) in [5.74, 6) is -0.580. The molecule has 9 heteroatoms. The lowest BCUT2D eigenvalue weighted by Crippen LogP contribution is -2.48. The summed E-state index contributed by atoms with van der Waals surface area (Å²) in [4.78, 5) is 24.7. The number of hydrogen-bond acceptors (Lipinski definition) is 6. The van der Waals surface area contributed by atoms with E-state index in [2.05, 4.69) is 5.32 Å². The van der Waals surface area contributed by atoms with Gasteiger partial charge in [-0.05, 0) is 55.3 Å². The van der Waals surface area contributed by atoms with Gasteiger partial charge in [-0.25, -0.2) is 13.2 Å². The molecule has 1 atom stereocenters. The van der Waals surface area contributed by atoms with Crippen LogP contribution in [0.15, 0.2) is 42.5 Å². The molecule has 0 radical (unpaired) electrons. The molecule has 1 aliphatic rings. The predicted octanol–water partition coefficient (Wildman–Crippen LogP) is 3.12. The number of benzene rings is 2. The molecule has 3 rings (SSSR count). The molecule has 0 spiro atoms. The molecule has 1 N–H and O–H groups in total. The van der Waals surface area contributed by atoms with Crippen LogP contribution in [0.2, 0.25) is 0 Å². The molecule has 0 fully saturated rings. The average molecular weight is 447 g/mol. The Morgan fingerprint density at radius 3 is 2.55 bits per heavy atom. The van der Waals surface area contributed by atoms with Crippen molar-refractivity contribution < 1.29 is 27.5 Å². The fourth-order valence-electron chi connectivity index (χ4n) is 3.12. The van der Waals surface area contributed by atoms with Gasteiger partial charge in [-0.1, -0.05) is 19.4 Å². The summed E-state index contributed by atoms with van der Waals surface area (Å²) in [5.41, 5.74) is 2.14. The van der Waals surface area contributed by atoms with Crippen molar-refractivity contribution in [3.05, 3.63) is 53.6 Å². The molecule has 166 valence electrons. The monoisotopic (exact) mass is 446 g/mol. The van der Waals surface area contributed by atoms with E-state index >= 15 is 0 Å². The lowest BCUT2D eigenvalue weighted by atomic mass is 10.1. The zero-order valence-electron chi connectivity index (χ0n) is 17.8. The minimum absolute atomic E-state index is 0.136. The summed E-state index contributed by atoms with van der Waals surface area (Å²) >= 11 is 0. The molecule has 2 aromatic carbocycles. The molecule has 2 aromatic rings. The normalized spacial score (nSPS) is 15.6. The maximum absolute atomic E-state index is 12.8. The number of aryl methyl sites for hydroxylation is 1. The third kappa shape index (κ3) is 5.55. The van der Waals surface area contributed by atoms with Crippen molar-refractivity contribution in [1.29, 1.82) is 0 Å². The number of anilines is 2. The Morgan fingerprint density at radius 2 is 1.90 bits per heavy atom. The quantitative estimate of drug-likeness (QED) is 0.518. The minimum Gasteiger partial charge on any atom is -0.476 e. The predicted molar refractivity (Wildman–Crippen MR) is 118 cm³/mol. The second kappa shape index (κ2) is 9.38. The van der Waals surface area contributed by atoms with E-state index < -0.39 is 28.0 Å². The van der Waals surface area contributed by atoms with Gasteiger partial charge in [0.15, 0.2) is 6.10 Å². The number of carbonyl (C=O) groups is 2. The van der Waals surface area contributed by atoms with Crippen LogP contribution in [-0.2, 0) is 19.6 Å². The smallest absolute Gasteiger partial charge is 0.338 e. The van der Waals surface area contributed by atoms with Crippen LogP contribution in [-0.4, -0.2) is 45.8 Å². The number of unbranched alkanes of at least 4 members (excludes halogenated alkanes) is 1. The zero-order valence-corrected chi connectivity index (χ0v) is 18.6. The maximum atomic E-state index is 12.8. The highest BCUT2D eigenvalue weighted by Crippen LogP contribution is 2.36. The van der Waals surface area contributed by atoms with Gasteiger partial charge in [0.2, 0.25) is 10.0 Å². The first-order valence-corrected chi connectivity index (χ1v) is 11.9. The molecule has 1 heterocycles. The molecule has 0 saturated carbocycles. The number of sulfonamides is 1. The van der Waals surface area contributed by atoms with E-state index in [4.69, 9.17) is 9.47 Å². The van der Waals surface area contributed by atoms with Gasteiger partial charge in [-0.15, -0.1) is 0 Å². The highest BCUT2D eigenvalue weighted by molar-refractivity contribution is 7.92. The van der Waals surface area contributed by atoms with E-state index in [1.54, 1.807) is 42.5 Å². The van der Waals surface area contributed by atoms with Gasteiger partial charge >= 0.3 is 5.97 Å². The van der Waals surface area contributed by atoms with Gasteiger partial charge in [0.05, 0.1) is 30.7 Å². The van der Waals surface area contributed by atoms with Crippen molar-refractivity contribution in [3.8, 4) is 5.75 Å². The Morgan fingerprint density at radius 1 is 1.19 bits per heavy atom. The molecule has 31 heavy (non-hydrogen) atoms. The van der Waals surface area contributed by atoms with Crippen LogP contribution < -0.4 is 14.4 Å². The number of fused-ring (bicyclic) bond motifs is 1. The first-order chi connectivity index (χ1) is 14.7. The number of esters is 1. The number of hydrogen-bond donors (Lipinski definition) is 1. The van der Waals surface area contributed by atoms with Crippen molar-refractivity contribution in [1.82, 2.24) is 0 Å². The van der Waals surface area contributed by atoms with E-state index in [0.29, 0.717) is 29.3 Å². The van der Waals surface area contributed by atoms with Crippen molar-refractivity contribution in [3.63, 3.8) is 0 Å². The second-order valence-electron chi connectivity index (χ2n) is 7.43. The number of nitrogens with one attached hydrogen (secondary N) is 1. The van der Waals surface area contributed by atoms with Crippen LogP contribution in [0.25, 0.3) is 0 Å². The molecular weight excluding hydrogens is 420 g/mol. The van der Waals surface area contributed by atoms with Gasteiger partial charge in [0, 0.05) is 5.69 Å². The third-order valence-corrected chi connectivity index (χ3v) is 5.94. The highest BCUT2D eigenvalue weighted by Gasteiger charge is 2.35. The van der Waals surface area contributed by atoms with Crippen LogP contribution in [0.5, 0.6) is 5.75 Å². The highest BCUT2D eigenvalue weighted by atomic mass is 32.2. The second-order valence-corrected chi connectivity index (χ2v) is 9.33. The van der Waals surface area contributed by atoms with Crippen LogP contribution in [0, 0.1) is 6.92 Å². The minimum atomic E-state index is -3.60. The number of nitrogens with zero attached hydrogens (tertiary/aromatic N) is 1. The van der Waals surface area contributed by atoms with Gasteiger partial charge in [0.25, 0.3) is 5.91 Å². The number of ether oxygens (including phenoxy) is 2. The van der Waals surface area contributed by atoms with E-state index in [-0.39, 0.29) is 6.54 Å². The summed E-state index contributed by atoms with van der Waals surface area (Å²) < 4.78 is 36.7. The molecule has 1 amide bonds. The Hall–Kier alpha value is -3.07. The van der Waals surface area contributed by atoms with Crippen LogP contribution in [0.1, 0.15) is 35.7 Å². The third-order valence-electron chi connectivity index (χ3n) is 4.80. The zero-order chi connectivity index (χ0) is 22.6. The van der Waals surface area contributed by atoms with E-state index in [1.807, 2.05) is 13.8 Å². The maximum Gasteiger partial charge on any atom is 0.338 e. The Bertz CT molecular complexity index is 1070. The van der Waals surface area contributed by atoms with Crippen molar-refractivity contribution in [2.75, 3.05) is 29.0 Å². The Balaban J connectivity index is 1.70. The van der Waals surface area contributed by atoms with Gasteiger partial charge in [-0.2, -0.15) is 0 Å². The molecule has 0 aliphatic carbocycles. The number of carbonyl (C=O) groups excluding carboxylic acids is 2. The molecular formula is C22H26N2O6S. The fraction of sp³-hybridized carbons (Fsp3) is 0.364. The summed E-state index contributed by atoms with van der Waals surface area (Å²) in [6.45, 7) is 4.09. The average Bonchev–Trinajstić information content (AvgIpc) is 2.72. The first-order valence-electron chi connectivity index (χ1n) is 10.0. The van der Waals surface area contributed by atoms with E-state index in [9.17, 15) is 18.0 Å². The van der Waals surface area contributed by atoms with Crippen molar-refractivity contribution >= 4 is 33.3 Å². The number of amides is 1.